The molecule has 7 nitrogen and oxygen atoms in total. The molecule has 0 bridgehead atoms. The Morgan fingerprint density at radius 2 is 2.04 bits per heavy atom. The standard InChI is InChI=1S/C21H23N3O4/c25-19-5-1-2-8-21(24-19,13-15-4-3-9-22-14-15)20(26)23-16-6-7-17-18(12-16)28-11-10-27-17/h3-4,6-7,9,12,14H,1-2,5,8,10-11,13H2,(H,23,26)(H,24,25). The van der Waals surface area contributed by atoms with Crippen LogP contribution in [-0.4, -0.2) is 35.6 Å². The van der Waals surface area contributed by atoms with Crippen LogP contribution in [0.3, 0.4) is 0 Å². The van der Waals surface area contributed by atoms with Crippen LogP contribution in [0.2, 0.25) is 0 Å². The van der Waals surface area contributed by atoms with E-state index in [9.17, 15) is 9.59 Å². The van der Waals surface area contributed by atoms with E-state index in [0.717, 1.165) is 18.4 Å². The van der Waals surface area contributed by atoms with Gasteiger partial charge in [0, 0.05) is 37.0 Å². The number of rotatable bonds is 4. The number of nitrogens with one attached hydrogen (secondary N) is 2. The largest absolute Gasteiger partial charge is 0.486 e. The van der Waals surface area contributed by atoms with Crippen LogP contribution < -0.4 is 20.1 Å². The molecule has 2 N–H and O–H groups in total. The van der Waals surface area contributed by atoms with Gasteiger partial charge in [0.1, 0.15) is 18.8 Å². The van der Waals surface area contributed by atoms with Crippen LogP contribution in [0.15, 0.2) is 42.7 Å². The van der Waals surface area contributed by atoms with Gasteiger partial charge in [0.15, 0.2) is 11.5 Å². The zero-order chi connectivity index (χ0) is 19.4. The summed E-state index contributed by atoms with van der Waals surface area (Å²) in [6, 6.07) is 9.07. The van der Waals surface area contributed by atoms with Crippen molar-refractivity contribution in [1.29, 1.82) is 0 Å². The number of hydrogen-bond donors (Lipinski definition) is 2. The number of carbonyl (C=O) groups is 2. The van der Waals surface area contributed by atoms with Crippen molar-refractivity contribution >= 4 is 17.5 Å². The second kappa shape index (κ2) is 7.88. The van der Waals surface area contributed by atoms with Gasteiger partial charge < -0.3 is 20.1 Å². The van der Waals surface area contributed by atoms with Crippen LogP contribution >= 0.6 is 0 Å². The van der Waals surface area contributed by atoms with Crippen molar-refractivity contribution in [3.8, 4) is 11.5 Å². The summed E-state index contributed by atoms with van der Waals surface area (Å²) < 4.78 is 11.1. The summed E-state index contributed by atoms with van der Waals surface area (Å²) in [6.07, 6.45) is 6.40. The number of aromatic nitrogens is 1. The Labute approximate surface area is 163 Å². The first-order valence-corrected chi connectivity index (χ1v) is 9.56. The Morgan fingerprint density at radius 1 is 1.18 bits per heavy atom. The van der Waals surface area contributed by atoms with E-state index >= 15 is 0 Å². The number of fused-ring (bicyclic) bond motifs is 1. The Balaban J connectivity index is 1.60. The highest BCUT2D eigenvalue weighted by atomic mass is 16.6. The van der Waals surface area contributed by atoms with Crippen LogP contribution in [-0.2, 0) is 16.0 Å². The molecule has 1 atom stereocenters. The predicted octanol–water partition coefficient (Wildman–Crippen LogP) is 2.46. The summed E-state index contributed by atoms with van der Waals surface area (Å²) in [4.78, 5) is 29.8. The highest BCUT2D eigenvalue weighted by molar-refractivity contribution is 6.01. The molecule has 146 valence electrons. The molecule has 7 heteroatoms. The van der Waals surface area contributed by atoms with E-state index in [2.05, 4.69) is 15.6 Å². The van der Waals surface area contributed by atoms with Crippen molar-refractivity contribution in [2.75, 3.05) is 18.5 Å². The lowest BCUT2D eigenvalue weighted by Gasteiger charge is -2.32. The number of nitrogens with zero attached hydrogens (tertiary/aromatic N) is 1. The normalized spacial score (nSPS) is 21.4. The second-order valence-electron chi connectivity index (χ2n) is 7.19. The summed E-state index contributed by atoms with van der Waals surface area (Å²) in [7, 11) is 0. The quantitative estimate of drug-likeness (QED) is 0.849. The molecule has 0 spiro atoms. The topological polar surface area (TPSA) is 89.6 Å². The molecule has 1 fully saturated rings. The summed E-state index contributed by atoms with van der Waals surface area (Å²) in [5.41, 5.74) is 0.504. The van der Waals surface area contributed by atoms with Crippen molar-refractivity contribution in [1.82, 2.24) is 10.3 Å². The third kappa shape index (κ3) is 3.93. The second-order valence-corrected chi connectivity index (χ2v) is 7.19. The van der Waals surface area contributed by atoms with Gasteiger partial charge in [-0.25, -0.2) is 0 Å². The third-order valence-corrected chi connectivity index (χ3v) is 5.10. The first-order chi connectivity index (χ1) is 13.6. The molecule has 2 amide bonds. The molecule has 0 aliphatic carbocycles. The number of hydrogen-bond acceptors (Lipinski definition) is 5. The SMILES string of the molecule is O=C1CCCCC(Cc2cccnc2)(C(=O)Nc2ccc3c(c2)OCCO3)N1. The summed E-state index contributed by atoms with van der Waals surface area (Å²) in [5.74, 6) is 0.939. The maximum Gasteiger partial charge on any atom is 0.250 e. The molecule has 1 saturated heterocycles. The average molecular weight is 381 g/mol. The first-order valence-electron chi connectivity index (χ1n) is 9.56. The van der Waals surface area contributed by atoms with Crippen LogP contribution in [0, 0.1) is 0 Å². The van der Waals surface area contributed by atoms with Gasteiger partial charge in [-0.3, -0.25) is 14.6 Å². The molecule has 1 aromatic heterocycles. The first kappa shape index (κ1) is 18.3. The summed E-state index contributed by atoms with van der Waals surface area (Å²) in [5, 5.41) is 5.95. The molecular weight excluding hydrogens is 358 g/mol. The van der Waals surface area contributed by atoms with E-state index in [-0.39, 0.29) is 11.8 Å². The molecule has 0 saturated carbocycles. The van der Waals surface area contributed by atoms with Crippen molar-refractivity contribution in [2.45, 2.75) is 37.6 Å². The van der Waals surface area contributed by atoms with E-state index in [4.69, 9.17) is 9.47 Å². The lowest BCUT2D eigenvalue weighted by atomic mass is 9.86. The van der Waals surface area contributed by atoms with Gasteiger partial charge in [-0.1, -0.05) is 12.5 Å². The molecular formula is C21H23N3O4. The minimum atomic E-state index is -1.01. The number of anilines is 1. The Morgan fingerprint density at radius 3 is 2.86 bits per heavy atom. The maximum atomic E-state index is 13.3. The van der Waals surface area contributed by atoms with Crippen LogP contribution in [0.4, 0.5) is 5.69 Å². The monoisotopic (exact) mass is 381 g/mol. The molecule has 4 rings (SSSR count). The number of pyridine rings is 1. The lowest BCUT2D eigenvalue weighted by Crippen LogP contribution is -2.57. The van der Waals surface area contributed by atoms with Crippen molar-refractivity contribution < 1.29 is 19.1 Å². The van der Waals surface area contributed by atoms with Gasteiger partial charge in [-0.2, -0.15) is 0 Å². The molecule has 2 aliphatic rings. The molecule has 28 heavy (non-hydrogen) atoms. The molecule has 2 aromatic rings. The summed E-state index contributed by atoms with van der Waals surface area (Å²) >= 11 is 0. The van der Waals surface area contributed by atoms with Crippen LogP contribution in [0.25, 0.3) is 0 Å². The molecule has 3 heterocycles. The number of amides is 2. The molecule has 2 aliphatic heterocycles. The van der Waals surface area contributed by atoms with E-state index < -0.39 is 5.54 Å². The molecule has 1 aromatic carbocycles. The molecule has 0 radical (unpaired) electrons. The van der Waals surface area contributed by atoms with Gasteiger partial charge in [-0.15, -0.1) is 0 Å². The van der Waals surface area contributed by atoms with E-state index in [1.54, 1.807) is 30.6 Å². The summed E-state index contributed by atoms with van der Waals surface area (Å²) in [6.45, 7) is 0.990. The van der Waals surface area contributed by atoms with Gasteiger partial charge in [0.2, 0.25) is 11.8 Å². The minimum Gasteiger partial charge on any atom is -0.486 e. The Hall–Kier alpha value is -3.09. The molecule has 1 unspecified atom stereocenters. The minimum absolute atomic E-state index is 0.0984. The zero-order valence-corrected chi connectivity index (χ0v) is 15.6. The van der Waals surface area contributed by atoms with Gasteiger partial charge in [0.05, 0.1) is 0 Å². The van der Waals surface area contributed by atoms with Gasteiger partial charge in [0.25, 0.3) is 0 Å². The van der Waals surface area contributed by atoms with Crippen LogP contribution in [0.5, 0.6) is 11.5 Å². The smallest absolute Gasteiger partial charge is 0.250 e. The van der Waals surface area contributed by atoms with Gasteiger partial charge >= 0.3 is 0 Å². The van der Waals surface area contributed by atoms with Crippen molar-refractivity contribution in [3.05, 3.63) is 48.3 Å². The predicted molar refractivity (Wildman–Crippen MR) is 103 cm³/mol. The van der Waals surface area contributed by atoms with Crippen molar-refractivity contribution in [2.24, 2.45) is 0 Å². The van der Waals surface area contributed by atoms with Crippen molar-refractivity contribution in [3.63, 3.8) is 0 Å². The fourth-order valence-corrected chi connectivity index (χ4v) is 3.71. The fraction of sp³-hybridized carbons (Fsp3) is 0.381. The average Bonchev–Trinajstić information content (AvgIpc) is 2.90. The Kier molecular flexibility index (Phi) is 5.14. The number of benzene rings is 1. The highest BCUT2D eigenvalue weighted by Crippen LogP contribution is 2.33. The van der Waals surface area contributed by atoms with E-state index in [1.807, 2.05) is 12.1 Å². The third-order valence-electron chi connectivity index (χ3n) is 5.10. The number of ether oxygens (including phenoxy) is 2. The fourth-order valence-electron chi connectivity index (χ4n) is 3.71. The maximum absolute atomic E-state index is 13.3. The highest BCUT2D eigenvalue weighted by Gasteiger charge is 2.41. The lowest BCUT2D eigenvalue weighted by molar-refractivity contribution is -0.130. The van der Waals surface area contributed by atoms with Crippen LogP contribution in [0.1, 0.15) is 31.2 Å². The zero-order valence-electron chi connectivity index (χ0n) is 15.6. The van der Waals surface area contributed by atoms with Gasteiger partial charge in [-0.05, 0) is 36.6 Å². The van der Waals surface area contributed by atoms with E-state index in [0.29, 0.717) is 49.7 Å². The van der Waals surface area contributed by atoms with E-state index in [1.165, 1.54) is 0 Å². The Bertz CT molecular complexity index is 871. The number of carbonyl (C=O) groups excluding carboxylic acids is 2.